The Kier molecular flexibility index (Phi) is 4.92. The molecule has 0 saturated heterocycles. The Morgan fingerprint density at radius 3 is 2.76 bits per heavy atom. The second kappa shape index (κ2) is 7.69. The molecule has 0 fully saturated rings. The highest BCUT2D eigenvalue weighted by molar-refractivity contribution is 7.20. The van der Waals surface area contributed by atoms with E-state index in [-0.39, 0.29) is 11.6 Å². The molecule has 1 aromatic heterocycles. The zero-order chi connectivity index (χ0) is 20.4. The van der Waals surface area contributed by atoms with Crippen LogP contribution in [0.5, 0.6) is 5.75 Å². The molecule has 0 atom stereocenters. The summed E-state index contributed by atoms with van der Waals surface area (Å²) < 4.78 is 6.20. The van der Waals surface area contributed by atoms with E-state index in [1.165, 1.54) is 23.5 Å². The summed E-state index contributed by atoms with van der Waals surface area (Å²) in [5.74, 6) is 0.264. The summed E-state index contributed by atoms with van der Waals surface area (Å²) in [4.78, 5) is 23.3. The first-order valence-corrected chi connectivity index (χ1v) is 9.45. The van der Waals surface area contributed by atoms with Gasteiger partial charge in [0.15, 0.2) is 0 Å². The minimum Gasteiger partial charge on any atom is -0.496 e. The Morgan fingerprint density at radius 1 is 1.14 bits per heavy atom. The van der Waals surface area contributed by atoms with Gasteiger partial charge in [0.05, 0.1) is 23.1 Å². The van der Waals surface area contributed by atoms with Gasteiger partial charge in [0, 0.05) is 27.8 Å². The number of nitrogens with zero attached hydrogens (tertiary/aromatic N) is 2. The Hall–Kier alpha value is -3.78. The molecule has 0 saturated carbocycles. The molecule has 0 aliphatic carbocycles. The zero-order valence-electron chi connectivity index (χ0n) is 15.3. The van der Waals surface area contributed by atoms with E-state index in [1.807, 2.05) is 36.4 Å². The van der Waals surface area contributed by atoms with Crippen molar-refractivity contribution in [2.75, 3.05) is 7.11 Å². The molecule has 1 amide bonds. The second-order valence-electron chi connectivity index (χ2n) is 6.19. The molecule has 0 radical (unpaired) electrons. The second-order valence-corrected chi connectivity index (χ2v) is 7.28. The van der Waals surface area contributed by atoms with Crippen molar-refractivity contribution in [3.8, 4) is 5.75 Å². The van der Waals surface area contributed by atoms with Crippen LogP contribution >= 0.6 is 11.3 Å². The lowest BCUT2D eigenvalue weighted by Gasteiger charge is -2.08. The third-order valence-electron chi connectivity index (χ3n) is 4.44. The fourth-order valence-electron chi connectivity index (χ4n) is 3.05. The molecule has 0 spiro atoms. The predicted molar refractivity (Wildman–Crippen MR) is 114 cm³/mol. The number of nitro groups is 1. The molecule has 8 heteroatoms. The third kappa shape index (κ3) is 3.65. The number of amides is 1. The summed E-state index contributed by atoms with van der Waals surface area (Å²) in [5.41, 5.74) is 3.26. The lowest BCUT2D eigenvalue weighted by atomic mass is 10.0. The van der Waals surface area contributed by atoms with Crippen molar-refractivity contribution in [1.82, 2.24) is 5.43 Å². The van der Waals surface area contributed by atoms with E-state index in [9.17, 15) is 14.9 Å². The normalized spacial score (nSPS) is 11.2. The Bertz CT molecular complexity index is 1280. The van der Waals surface area contributed by atoms with Crippen LogP contribution in [0.3, 0.4) is 0 Å². The van der Waals surface area contributed by atoms with E-state index in [0.717, 1.165) is 21.0 Å². The number of fused-ring (bicyclic) bond motifs is 2. The molecule has 0 aliphatic rings. The van der Waals surface area contributed by atoms with Crippen LogP contribution in [0.4, 0.5) is 5.69 Å². The number of nitro benzene ring substituents is 1. The first-order valence-electron chi connectivity index (χ1n) is 8.64. The highest BCUT2D eigenvalue weighted by Crippen LogP contribution is 2.29. The number of carbonyl (C=O) groups excluding carboxylic acids is 1. The van der Waals surface area contributed by atoms with Gasteiger partial charge in [-0.05, 0) is 29.0 Å². The third-order valence-corrected chi connectivity index (χ3v) is 5.56. The molecule has 0 unspecified atom stereocenters. The number of hydrogen-bond acceptors (Lipinski definition) is 6. The molecule has 3 aromatic carbocycles. The van der Waals surface area contributed by atoms with Gasteiger partial charge in [0.1, 0.15) is 5.75 Å². The Labute approximate surface area is 169 Å². The van der Waals surface area contributed by atoms with E-state index in [4.69, 9.17) is 4.74 Å². The molecular formula is C21H15N3O4S. The fourth-order valence-corrected chi connectivity index (χ4v) is 3.99. The summed E-state index contributed by atoms with van der Waals surface area (Å²) in [6.45, 7) is 0. The molecule has 144 valence electrons. The average molecular weight is 405 g/mol. The van der Waals surface area contributed by atoms with E-state index >= 15 is 0 Å². The SMILES string of the molecule is COc1ccc2ccccc2c1/C=N/NC(=O)c1cc2cc([N+](=O)[O-])ccc2s1. The quantitative estimate of drug-likeness (QED) is 0.295. The van der Waals surface area contributed by atoms with E-state index in [0.29, 0.717) is 16.0 Å². The first-order chi connectivity index (χ1) is 14.1. The number of nitrogens with one attached hydrogen (secondary N) is 1. The summed E-state index contributed by atoms with van der Waals surface area (Å²) in [5, 5.41) is 17.6. The van der Waals surface area contributed by atoms with Crippen LogP contribution in [0, 0.1) is 10.1 Å². The highest BCUT2D eigenvalue weighted by atomic mass is 32.1. The zero-order valence-corrected chi connectivity index (χ0v) is 16.1. The number of benzene rings is 3. The largest absolute Gasteiger partial charge is 0.496 e. The monoisotopic (exact) mass is 405 g/mol. The number of thiophene rings is 1. The van der Waals surface area contributed by atoms with Crippen molar-refractivity contribution in [1.29, 1.82) is 0 Å². The number of hydrazone groups is 1. The average Bonchev–Trinajstić information content (AvgIpc) is 3.17. The van der Waals surface area contributed by atoms with E-state index < -0.39 is 4.92 Å². The summed E-state index contributed by atoms with van der Waals surface area (Å²) in [6, 6.07) is 17.8. The van der Waals surface area contributed by atoms with Crippen molar-refractivity contribution >= 4 is 50.0 Å². The van der Waals surface area contributed by atoms with Crippen LogP contribution < -0.4 is 10.2 Å². The molecule has 7 nitrogen and oxygen atoms in total. The topological polar surface area (TPSA) is 93.8 Å². The fraction of sp³-hybridized carbons (Fsp3) is 0.0476. The van der Waals surface area contributed by atoms with Crippen molar-refractivity contribution in [2.24, 2.45) is 5.10 Å². The first kappa shape index (κ1) is 18.6. The highest BCUT2D eigenvalue weighted by Gasteiger charge is 2.13. The molecule has 29 heavy (non-hydrogen) atoms. The van der Waals surface area contributed by atoms with Crippen molar-refractivity contribution in [2.45, 2.75) is 0 Å². The lowest BCUT2D eigenvalue weighted by molar-refractivity contribution is -0.384. The molecule has 4 aromatic rings. The smallest absolute Gasteiger partial charge is 0.281 e. The Morgan fingerprint density at radius 2 is 1.97 bits per heavy atom. The minimum absolute atomic E-state index is 0.0108. The maximum absolute atomic E-state index is 12.5. The summed E-state index contributed by atoms with van der Waals surface area (Å²) in [7, 11) is 1.58. The van der Waals surface area contributed by atoms with Crippen LogP contribution in [-0.4, -0.2) is 24.2 Å². The van der Waals surface area contributed by atoms with Gasteiger partial charge in [-0.1, -0.05) is 30.3 Å². The molecule has 0 bridgehead atoms. The number of ether oxygens (including phenoxy) is 1. The summed E-state index contributed by atoms with van der Waals surface area (Å²) in [6.07, 6.45) is 1.55. The maximum Gasteiger partial charge on any atom is 0.281 e. The molecule has 1 N–H and O–H groups in total. The van der Waals surface area contributed by atoms with Gasteiger partial charge in [0.25, 0.3) is 11.6 Å². The van der Waals surface area contributed by atoms with E-state index in [1.54, 1.807) is 25.5 Å². The van der Waals surface area contributed by atoms with Gasteiger partial charge in [-0.25, -0.2) is 5.43 Å². The van der Waals surface area contributed by atoms with Gasteiger partial charge in [-0.15, -0.1) is 11.3 Å². The van der Waals surface area contributed by atoms with Crippen molar-refractivity contribution < 1.29 is 14.5 Å². The number of carbonyl (C=O) groups is 1. The molecular weight excluding hydrogens is 390 g/mol. The number of methoxy groups -OCH3 is 1. The van der Waals surface area contributed by atoms with Crippen LogP contribution in [0.1, 0.15) is 15.2 Å². The standard InChI is InChI=1S/C21H15N3O4S/c1-28-18-8-6-13-4-2-3-5-16(13)17(18)12-22-23-21(25)20-11-14-10-15(24(26)27)7-9-19(14)29-20/h2-12H,1H3,(H,23,25)/b22-12+. The molecule has 4 rings (SSSR count). The number of non-ortho nitro benzene ring substituents is 1. The van der Waals surface area contributed by atoms with Gasteiger partial charge in [-0.2, -0.15) is 5.10 Å². The van der Waals surface area contributed by atoms with Crippen molar-refractivity contribution in [3.05, 3.63) is 81.2 Å². The van der Waals surface area contributed by atoms with Gasteiger partial charge in [0.2, 0.25) is 0 Å². The van der Waals surface area contributed by atoms with Crippen LogP contribution in [0.15, 0.2) is 65.8 Å². The van der Waals surface area contributed by atoms with Crippen LogP contribution in [-0.2, 0) is 0 Å². The Balaban J connectivity index is 1.58. The molecule has 1 heterocycles. The minimum atomic E-state index is -0.460. The molecule has 0 aliphatic heterocycles. The van der Waals surface area contributed by atoms with Crippen LogP contribution in [0.2, 0.25) is 0 Å². The lowest BCUT2D eigenvalue weighted by Crippen LogP contribution is -2.16. The van der Waals surface area contributed by atoms with E-state index in [2.05, 4.69) is 10.5 Å². The maximum atomic E-state index is 12.5. The van der Waals surface area contributed by atoms with Gasteiger partial charge in [-0.3, -0.25) is 14.9 Å². The van der Waals surface area contributed by atoms with Gasteiger partial charge < -0.3 is 4.74 Å². The summed E-state index contributed by atoms with van der Waals surface area (Å²) >= 11 is 1.25. The van der Waals surface area contributed by atoms with Crippen molar-refractivity contribution in [3.63, 3.8) is 0 Å². The number of rotatable bonds is 5. The number of hydrogen-bond donors (Lipinski definition) is 1. The van der Waals surface area contributed by atoms with Gasteiger partial charge >= 0.3 is 0 Å². The predicted octanol–water partition coefficient (Wildman–Crippen LogP) is 4.74. The van der Waals surface area contributed by atoms with Crippen LogP contribution in [0.25, 0.3) is 20.9 Å².